The van der Waals surface area contributed by atoms with Gasteiger partial charge < -0.3 is 19.5 Å². The van der Waals surface area contributed by atoms with Gasteiger partial charge in [-0.2, -0.15) is 0 Å². The molecule has 5 nitrogen and oxygen atoms in total. The van der Waals surface area contributed by atoms with Crippen molar-refractivity contribution in [3.63, 3.8) is 0 Å². The average molecular weight is 329 g/mol. The SMILES string of the molecule is COc1ccc(C(=O)N[C@@H](C)c2ccc(OC)c(OC)c2)cc1C. The van der Waals surface area contributed by atoms with E-state index in [0.29, 0.717) is 17.1 Å². The van der Waals surface area contributed by atoms with Crippen LogP contribution in [0.1, 0.15) is 34.5 Å². The number of benzene rings is 2. The number of amides is 1. The Kier molecular flexibility index (Phi) is 5.68. The highest BCUT2D eigenvalue weighted by atomic mass is 16.5. The van der Waals surface area contributed by atoms with E-state index in [0.717, 1.165) is 16.9 Å². The van der Waals surface area contributed by atoms with Gasteiger partial charge in [0.2, 0.25) is 0 Å². The molecule has 0 spiro atoms. The normalized spacial score (nSPS) is 11.5. The summed E-state index contributed by atoms with van der Waals surface area (Å²) in [4.78, 5) is 12.4. The van der Waals surface area contributed by atoms with Crippen molar-refractivity contribution >= 4 is 5.91 Å². The standard InChI is InChI=1S/C19H23NO4/c1-12-10-15(7-8-16(12)22-3)19(21)20-13(2)14-6-9-17(23-4)18(11-14)24-5/h6-11,13H,1-5H3,(H,20,21)/t13-/m0/s1. The quantitative estimate of drug-likeness (QED) is 0.881. The molecule has 1 atom stereocenters. The van der Waals surface area contributed by atoms with Gasteiger partial charge >= 0.3 is 0 Å². The van der Waals surface area contributed by atoms with Crippen LogP contribution in [-0.4, -0.2) is 27.2 Å². The number of nitrogens with one attached hydrogen (secondary N) is 1. The summed E-state index contributed by atoms with van der Waals surface area (Å²) >= 11 is 0. The minimum atomic E-state index is -0.167. The maximum absolute atomic E-state index is 12.4. The van der Waals surface area contributed by atoms with Crippen molar-refractivity contribution < 1.29 is 19.0 Å². The van der Waals surface area contributed by atoms with Gasteiger partial charge in [-0.3, -0.25) is 4.79 Å². The molecule has 2 rings (SSSR count). The fourth-order valence-corrected chi connectivity index (χ4v) is 2.51. The second-order valence-electron chi connectivity index (χ2n) is 5.49. The zero-order valence-corrected chi connectivity index (χ0v) is 14.7. The molecule has 0 saturated carbocycles. The Morgan fingerprint density at radius 3 is 2.12 bits per heavy atom. The molecule has 1 N–H and O–H groups in total. The van der Waals surface area contributed by atoms with Crippen LogP contribution >= 0.6 is 0 Å². The van der Waals surface area contributed by atoms with E-state index in [9.17, 15) is 4.79 Å². The van der Waals surface area contributed by atoms with Crippen LogP contribution in [0.3, 0.4) is 0 Å². The predicted molar refractivity (Wildman–Crippen MR) is 93.2 cm³/mol. The fraction of sp³-hybridized carbons (Fsp3) is 0.316. The molecular formula is C19H23NO4. The van der Waals surface area contributed by atoms with Gasteiger partial charge in [0.25, 0.3) is 5.91 Å². The first-order valence-electron chi connectivity index (χ1n) is 7.67. The molecule has 0 bridgehead atoms. The van der Waals surface area contributed by atoms with Crippen molar-refractivity contribution in [2.75, 3.05) is 21.3 Å². The third-order valence-corrected chi connectivity index (χ3v) is 3.91. The van der Waals surface area contributed by atoms with E-state index in [2.05, 4.69) is 5.32 Å². The Hall–Kier alpha value is -2.69. The second kappa shape index (κ2) is 7.73. The van der Waals surface area contributed by atoms with Crippen LogP contribution in [0.4, 0.5) is 0 Å². The number of rotatable bonds is 6. The van der Waals surface area contributed by atoms with E-state index >= 15 is 0 Å². The molecule has 24 heavy (non-hydrogen) atoms. The summed E-state index contributed by atoms with van der Waals surface area (Å²) in [6.07, 6.45) is 0. The van der Waals surface area contributed by atoms with Crippen molar-refractivity contribution in [1.29, 1.82) is 0 Å². The molecule has 0 unspecified atom stereocenters. The molecule has 0 radical (unpaired) electrons. The Balaban J connectivity index is 2.15. The van der Waals surface area contributed by atoms with Crippen LogP contribution in [0.25, 0.3) is 0 Å². The molecule has 0 aliphatic carbocycles. The molecular weight excluding hydrogens is 306 g/mol. The largest absolute Gasteiger partial charge is 0.496 e. The minimum absolute atomic E-state index is 0.136. The van der Waals surface area contributed by atoms with Crippen LogP contribution in [-0.2, 0) is 0 Å². The highest BCUT2D eigenvalue weighted by Gasteiger charge is 2.14. The van der Waals surface area contributed by atoms with Crippen LogP contribution in [0, 0.1) is 6.92 Å². The van der Waals surface area contributed by atoms with E-state index in [1.807, 2.05) is 38.1 Å². The van der Waals surface area contributed by atoms with Crippen molar-refractivity contribution in [2.45, 2.75) is 19.9 Å². The van der Waals surface area contributed by atoms with Crippen molar-refractivity contribution in [3.05, 3.63) is 53.1 Å². The molecule has 5 heteroatoms. The van der Waals surface area contributed by atoms with Gasteiger partial charge in [-0.05, 0) is 55.3 Å². The van der Waals surface area contributed by atoms with E-state index in [1.54, 1.807) is 33.5 Å². The lowest BCUT2D eigenvalue weighted by molar-refractivity contribution is 0.0939. The number of ether oxygens (including phenoxy) is 3. The lowest BCUT2D eigenvalue weighted by Crippen LogP contribution is -2.26. The molecule has 0 aromatic heterocycles. The summed E-state index contributed by atoms with van der Waals surface area (Å²) in [6.45, 7) is 3.84. The predicted octanol–water partition coefficient (Wildman–Crippen LogP) is 3.51. The summed E-state index contributed by atoms with van der Waals surface area (Å²) in [5.74, 6) is 1.92. The van der Waals surface area contributed by atoms with E-state index < -0.39 is 0 Å². The first-order chi connectivity index (χ1) is 11.5. The zero-order chi connectivity index (χ0) is 17.7. The molecule has 1 amide bonds. The summed E-state index contributed by atoms with van der Waals surface area (Å²) in [5.41, 5.74) is 2.45. The Bertz CT molecular complexity index is 727. The number of methoxy groups -OCH3 is 3. The van der Waals surface area contributed by atoms with Gasteiger partial charge in [-0.1, -0.05) is 6.07 Å². The molecule has 2 aromatic carbocycles. The van der Waals surface area contributed by atoms with Gasteiger partial charge in [0.15, 0.2) is 11.5 Å². The number of aryl methyl sites for hydroxylation is 1. The Labute approximate surface area is 142 Å². The maximum atomic E-state index is 12.4. The molecule has 0 saturated heterocycles. The van der Waals surface area contributed by atoms with Gasteiger partial charge in [0.1, 0.15) is 5.75 Å². The summed E-state index contributed by atoms with van der Waals surface area (Å²) in [6, 6.07) is 10.8. The van der Waals surface area contributed by atoms with Gasteiger partial charge in [-0.25, -0.2) is 0 Å². The van der Waals surface area contributed by atoms with E-state index in [-0.39, 0.29) is 11.9 Å². The second-order valence-corrected chi connectivity index (χ2v) is 5.49. The lowest BCUT2D eigenvalue weighted by Gasteiger charge is -2.17. The lowest BCUT2D eigenvalue weighted by atomic mass is 10.1. The molecule has 128 valence electrons. The van der Waals surface area contributed by atoms with Crippen molar-refractivity contribution in [2.24, 2.45) is 0 Å². The van der Waals surface area contributed by atoms with Gasteiger partial charge in [0, 0.05) is 5.56 Å². The first-order valence-corrected chi connectivity index (χ1v) is 7.67. The highest BCUT2D eigenvalue weighted by Crippen LogP contribution is 2.30. The molecule has 0 aliphatic heterocycles. The van der Waals surface area contributed by atoms with Crippen LogP contribution in [0.5, 0.6) is 17.2 Å². The summed E-state index contributed by atoms with van der Waals surface area (Å²) < 4.78 is 15.8. The fourth-order valence-electron chi connectivity index (χ4n) is 2.51. The zero-order valence-electron chi connectivity index (χ0n) is 14.7. The first kappa shape index (κ1) is 17.7. The molecule has 2 aromatic rings. The van der Waals surface area contributed by atoms with Gasteiger partial charge in [-0.15, -0.1) is 0 Å². The number of hydrogen-bond acceptors (Lipinski definition) is 4. The van der Waals surface area contributed by atoms with E-state index in [4.69, 9.17) is 14.2 Å². The van der Waals surface area contributed by atoms with Crippen molar-refractivity contribution in [3.8, 4) is 17.2 Å². The van der Waals surface area contributed by atoms with E-state index in [1.165, 1.54) is 0 Å². The monoisotopic (exact) mass is 329 g/mol. The van der Waals surface area contributed by atoms with Crippen LogP contribution in [0.15, 0.2) is 36.4 Å². The van der Waals surface area contributed by atoms with Crippen LogP contribution in [0.2, 0.25) is 0 Å². The topological polar surface area (TPSA) is 56.8 Å². The smallest absolute Gasteiger partial charge is 0.251 e. The Morgan fingerprint density at radius 1 is 0.917 bits per heavy atom. The van der Waals surface area contributed by atoms with Crippen molar-refractivity contribution in [1.82, 2.24) is 5.32 Å². The number of carbonyl (C=O) groups is 1. The maximum Gasteiger partial charge on any atom is 0.251 e. The van der Waals surface area contributed by atoms with Gasteiger partial charge in [0.05, 0.1) is 27.4 Å². The number of hydrogen-bond donors (Lipinski definition) is 1. The summed E-state index contributed by atoms with van der Waals surface area (Å²) in [5, 5.41) is 2.99. The highest BCUT2D eigenvalue weighted by molar-refractivity contribution is 5.94. The third-order valence-electron chi connectivity index (χ3n) is 3.91. The molecule has 0 heterocycles. The van der Waals surface area contributed by atoms with Crippen LogP contribution < -0.4 is 19.5 Å². The summed E-state index contributed by atoms with van der Waals surface area (Å²) in [7, 11) is 4.79. The molecule has 0 fully saturated rings. The Morgan fingerprint density at radius 2 is 1.54 bits per heavy atom. The number of carbonyl (C=O) groups excluding carboxylic acids is 1. The third kappa shape index (κ3) is 3.79. The minimum Gasteiger partial charge on any atom is -0.496 e. The average Bonchev–Trinajstić information content (AvgIpc) is 2.60. The molecule has 0 aliphatic rings.